The Morgan fingerprint density at radius 1 is 1.18 bits per heavy atom. The van der Waals surface area contributed by atoms with Gasteiger partial charge in [-0.15, -0.1) is 0 Å². The molecule has 4 nitrogen and oxygen atoms in total. The third kappa shape index (κ3) is 4.47. The summed E-state index contributed by atoms with van der Waals surface area (Å²) in [5.74, 6) is -0.449. The fraction of sp³-hybridized carbons (Fsp3) is 0.0588. The normalized spacial score (nSPS) is 10.7. The van der Waals surface area contributed by atoms with Crippen LogP contribution in [0.2, 0.25) is 0 Å². The van der Waals surface area contributed by atoms with E-state index in [4.69, 9.17) is 5.26 Å². The second-order valence-electron chi connectivity index (χ2n) is 4.65. The zero-order valence-corrected chi connectivity index (χ0v) is 13.5. The Labute approximate surface area is 137 Å². The van der Waals surface area contributed by atoms with Gasteiger partial charge in [-0.05, 0) is 42.8 Å². The van der Waals surface area contributed by atoms with Crippen LogP contribution in [0.5, 0.6) is 0 Å². The predicted molar refractivity (Wildman–Crippen MR) is 91.3 cm³/mol. The first-order valence-corrected chi connectivity index (χ1v) is 7.38. The molecule has 0 aliphatic rings. The van der Waals surface area contributed by atoms with E-state index < -0.39 is 5.91 Å². The zero-order valence-electron chi connectivity index (χ0n) is 11.9. The maximum atomic E-state index is 12.1. The lowest BCUT2D eigenvalue weighted by Crippen LogP contribution is -2.14. The number of nitrogens with zero attached hydrogens (tertiary/aromatic N) is 1. The molecular weight excluding hydrogens is 342 g/mol. The van der Waals surface area contributed by atoms with Crippen LogP contribution in [0.15, 0.2) is 64.8 Å². The van der Waals surface area contributed by atoms with Gasteiger partial charge in [0.2, 0.25) is 0 Å². The molecule has 110 valence electrons. The minimum Gasteiger partial charge on any atom is -0.360 e. The summed E-state index contributed by atoms with van der Waals surface area (Å²) >= 11 is 3.36. The molecule has 0 radical (unpaired) electrons. The molecule has 0 spiro atoms. The van der Waals surface area contributed by atoms with Crippen LogP contribution in [0, 0.1) is 18.3 Å². The topological polar surface area (TPSA) is 64.9 Å². The van der Waals surface area contributed by atoms with Crippen molar-refractivity contribution in [2.45, 2.75) is 6.92 Å². The summed E-state index contributed by atoms with van der Waals surface area (Å²) in [6, 6.07) is 16.7. The van der Waals surface area contributed by atoms with Gasteiger partial charge in [0.1, 0.15) is 11.6 Å². The van der Waals surface area contributed by atoms with Crippen LogP contribution in [-0.2, 0) is 4.79 Å². The van der Waals surface area contributed by atoms with Crippen LogP contribution in [0.4, 0.5) is 11.4 Å². The molecule has 2 aromatic carbocycles. The summed E-state index contributed by atoms with van der Waals surface area (Å²) in [6.45, 7) is 1.94. The first-order valence-electron chi connectivity index (χ1n) is 6.59. The number of halogens is 1. The molecule has 2 rings (SSSR count). The summed E-state index contributed by atoms with van der Waals surface area (Å²) < 4.78 is 0.911. The van der Waals surface area contributed by atoms with Crippen LogP contribution in [0.1, 0.15) is 5.56 Å². The third-order valence-electron chi connectivity index (χ3n) is 2.85. The number of hydrogen-bond donors (Lipinski definition) is 2. The van der Waals surface area contributed by atoms with Crippen molar-refractivity contribution in [3.63, 3.8) is 0 Å². The molecule has 5 heteroatoms. The molecule has 0 fully saturated rings. The Hall–Kier alpha value is -2.58. The monoisotopic (exact) mass is 355 g/mol. The van der Waals surface area contributed by atoms with Gasteiger partial charge in [-0.2, -0.15) is 5.26 Å². The highest BCUT2D eigenvalue weighted by atomic mass is 79.9. The van der Waals surface area contributed by atoms with Crippen LogP contribution < -0.4 is 10.6 Å². The smallest absolute Gasteiger partial charge is 0.267 e. The molecule has 0 aliphatic heterocycles. The van der Waals surface area contributed by atoms with Crippen molar-refractivity contribution in [2.24, 2.45) is 0 Å². The number of rotatable bonds is 4. The van der Waals surface area contributed by atoms with Crippen molar-refractivity contribution in [2.75, 3.05) is 10.6 Å². The van der Waals surface area contributed by atoms with Gasteiger partial charge in [0.05, 0.1) is 0 Å². The molecular formula is C17H14BrN3O. The number of carbonyl (C=O) groups excluding carboxylic acids is 1. The number of nitrogens with one attached hydrogen (secondary N) is 2. The van der Waals surface area contributed by atoms with Gasteiger partial charge in [-0.3, -0.25) is 4.79 Å². The summed E-state index contributed by atoms with van der Waals surface area (Å²) in [6.07, 6.45) is 1.40. The SMILES string of the molecule is Cc1cccc(NC(=O)/C(C#N)=C\Nc2cccc(Br)c2)c1. The number of nitriles is 1. The Morgan fingerprint density at radius 2 is 1.91 bits per heavy atom. The predicted octanol–water partition coefficient (Wildman–Crippen LogP) is 4.22. The van der Waals surface area contributed by atoms with Gasteiger partial charge in [-0.1, -0.05) is 34.1 Å². The molecule has 0 saturated heterocycles. The largest absolute Gasteiger partial charge is 0.360 e. The second kappa shape index (κ2) is 7.43. The zero-order chi connectivity index (χ0) is 15.9. The van der Waals surface area contributed by atoms with Gasteiger partial charge in [0.15, 0.2) is 0 Å². The number of hydrogen-bond acceptors (Lipinski definition) is 3. The third-order valence-corrected chi connectivity index (χ3v) is 3.34. The minimum atomic E-state index is -0.449. The van der Waals surface area contributed by atoms with Crippen LogP contribution in [0.3, 0.4) is 0 Å². The van der Waals surface area contributed by atoms with E-state index in [-0.39, 0.29) is 5.57 Å². The molecule has 1 amide bonds. The average molecular weight is 356 g/mol. The van der Waals surface area contributed by atoms with Crippen molar-refractivity contribution in [1.29, 1.82) is 5.26 Å². The quantitative estimate of drug-likeness (QED) is 0.637. The number of amides is 1. The molecule has 22 heavy (non-hydrogen) atoms. The highest BCUT2D eigenvalue weighted by molar-refractivity contribution is 9.10. The van der Waals surface area contributed by atoms with E-state index >= 15 is 0 Å². The Bertz CT molecular complexity index is 762. The highest BCUT2D eigenvalue weighted by Crippen LogP contribution is 2.16. The number of anilines is 2. The average Bonchev–Trinajstić information content (AvgIpc) is 2.48. The molecule has 0 heterocycles. The fourth-order valence-electron chi connectivity index (χ4n) is 1.80. The van der Waals surface area contributed by atoms with Gasteiger partial charge in [0, 0.05) is 22.0 Å². The fourth-order valence-corrected chi connectivity index (χ4v) is 2.20. The van der Waals surface area contributed by atoms with Crippen molar-refractivity contribution in [3.8, 4) is 6.07 Å². The number of carbonyl (C=O) groups is 1. The van der Waals surface area contributed by atoms with Crippen LogP contribution in [-0.4, -0.2) is 5.91 Å². The summed E-state index contributed by atoms with van der Waals surface area (Å²) in [7, 11) is 0. The molecule has 2 N–H and O–H groups in total. The first-order chi connectivity index (χ1) is 10.6. The van der Waals surface area contributed by atoms with Gasteiger partial charge < -0.3 is 10.6 Å². The number of benzene rings is 2. The Balaban J connectivity index is 2.09. The molecule has 0 saturated carbocycles. The van der Waals surface area contributed by atoms with E-state index in [2.05, 4.69) is 26.6 Å². The second-order valence-corrected chi connectivity index (χ2v) is 5.56. The molecule has 0 aromatic heterocycles. The van der Waals surface area contributed by atoms with E-state index in [9.17, 15) is 4.79 Å². The molecule has 0 bridgehead atoms. The van der Waals surface area contributed by atoms with Crippen LogP contribution >= 0.6 is 15.9 Å². The van der Waals surface area contributed by atoms with Gasteiger partial charge in [0.25, 0.3) is 5.91 Å². The molecule has 2 aromatic rings. The van der Waals surface area contributed by atoms with Crippen molar-refractivity contribution in [1.82, 2.24) is 0 Å². The van der Waals surface area contributed by atoms with Gasteiger partial charge >= 0.3 is 0 Å². The molecule has 0 unspecified atom stereocenters. The van der Waals surface area contributed by atoms with E-state index in [1.807, 2.05) is 55.5 Å². The molecule has 0 atom stereocenters. The standard InChI is InChI=1S/C17H14BrN3O/c1-12-4-2-7-16(8-12)21-17(22)13(10-19)11-20-15-6-3-5-14(18)9-15/h2-9,11,20H,1H3,(H,21,22)/b13-11-. The lowest BCUT2D eigenvalue weighted by Gasteiger charge is -2.06. The lowest BCUT2D eigenvalue weighted by atomic mass is 10.2. The van der Waals surface area contributed by atoms with Crippen molar-refractivity contribution < 1.29 is 4.79 Å². The van der Waals surface area contributed by atoms with E-state index in [0.717, 1.165) is 15.7 Å². The summed E-state index contributed by atoms with van der Waals surface area (Å²) in [5, 5.41) is 14.8. The maximum absolute atomic E-state index is 12.1. The van der Waals surface area contributed by atoms with Crippen LogP contribution in [0.25, 0.3) is 0 Å². The summed E-state index contributed by atoms with van der Waals surface area (Å²) in [4.78, 5) is 12.1. The minimum absolute atomic E-state index is 0.00137. The Morgan fingerprint density at radius 3 is 2.59 bits per heavy atom. The van der Waals surface area contributed by atoms with Crippen molar-refractivity contribution in [3.05, 3.63) is 70.3 Å². The maximum Gasteiger partial charge on any atom is 0.267 e. The van der Waals surface area contributed by atoms with Gasteiger partial charge in [-0.25, -0.2) is 0 Å². The van der Waals surface area contributed by atoms with Crippen molar-refractivity contribution >= 4 is 33.2 Å². The number of aryl methyl sites for hydroxylation is 1. The molecule has 0 aliphatic carbocycles. The van der Waals surface area contributed by atoms with E-state index in [1.165, 1.54) is 6.20 Å². The van der Waals surface area contributed by atoms with E-state index in [1.54, 1.807) is 6.07 Å². The van der Waals surface area contributed by atoms with E-state index in [0.29, 0.717) is 5.69 Å². The highest BCUT2D eigenvalue weighted by Gasteiger charge is 2.09. The lowest BCUT2D eigenvalue weighted by molar-refractivity contribution is -0.112. The first kappa shape index (κ1) is 15.8. The summed E-state index contributed by atoms with van der Waals surface area (Å²) in [5.41, 5.74) is 2.48. The Kier molecular flexibility index (Phi) is 5.34.